The molecule has 35 heavy (non-hydrogen) atoms. The predicted octanol–water partition coefficient (Wildman–Crippen LogP) is 3.12. The van der Waals surface area contributed by atoms with Gasteiger partial charge >= 0.3 is 0 Å². The van der Waals surface area contributed by atoms with Crippen molar-refractivity contribution in [2.75, 3.05) is 6.54 Å². The molecule has 2 aliphatic heterocycles. The third kappa shape index (κ3) is 5.05. The molecular formula is C27H26N2O5S. The van der Waals surface area contributed by atoms with Gasteiger partial charge in [-0.15, -0.1) is 11.3 Å². The molecule has 2 fully saturated rings. The normalized spacial score (nSPS) is 22.4. The van der Waals surface area contributed by atoms with Crippen molar-refractivity contribution in [2.24, 2.45) is 0 Å². The third-order valence-electron chi connectivity index (χ3n) is 6.49. The first-order valence-electron chi connectivity index (χ1n) is 11.7. The Kier molecular flexibility index (Phi) is 6.77. The van der Waals surface area contributed by atoms with E-state index < -0.39 is 24.0 Å². The summed E-state index contributed by atoms with van der Waals surface area (Å²) in [4.78, 5) is 40.1. The SMILES string of the molecule is O=C(NC(Cc1ccc(O)cc1)C(=O)C1OC2CCCNC2C1=O)c1cc(-c2ccccc2)cs1. The number of benzene rings is 2. The lowest BCUT2D eigenvalue weighted by Crippen LogP contribution is -2.50. The Labute approximate surface area is 207 Å². The Morgan fingerprint density at radius 1 is 1.11 bits per heavy atom. The van der Waals surface area contributed by atoms with E-state index in [0.717, 1.165) is 29.5 Å². The van der Waals surface area contributed by atoms with Gasteiger partial charge < -0.3 is 20.5 Å². The van der Waals surface area contributed by atoms with Gasteiger partial charge in [0.05, 0.1) is 23.1 Å². The number of Topliss-reactive ketones (excluding diaryl/α,β-unsaturated/α-hetero) is 2. The van der Waals surface area contributed by atoms with Gasteiger partial charge in [-0.2, -0.15) is 0 Å². The molecule has 0 bridgehead atoms. The van der Waals surface area contributed by atoms with E-state index in [9.17, 15) is 19.5 Å². The van der Waals surface area contributed by atoms with Crippen LogP contribution in [0.1, 0.15) is 28.1 Å². The molecule has 7 nitrogen and oxygen atoms in total. The summed E-state index contributed by atoms with van der Waals surface area (Å²) in [5, 5.41) is 17.5. The van der Waals surface area contributed by atoms with Gasteiger partial charge in [0.25, 0.3) is 5.91 Å². The Morgan fingerprint density at radius 2 is 1.89 bits per heavy atom. The summed E-state index contributed by atoms with van der Waals surface area (Å²) >= 11 is 1.30. The van der Waals surface area contributed by atoms with Gasteiger partial charge in [0.15, 0.2) is 17.7 Å². The minimum Gasteiger partial charge on any atom is -0.508 e. The van der Waals surface area contributed by atoms with Gasteiger partial charge in [-0.3, -0.25) is 14.4 Å². The molecule has 2 saturated heterocycles. The highest BCUT2D eigenvalue weighted by molar-refractivity contribution is 7.12. The molecule has 5 rings (SSSR count). The molecule has 2 aromatic carbocycles. The molecule has 1 amide bonds. The molecule has 0 spiro atoms. The molecule has 0 aliphatic carbocycles. The Bertz CT molecular complexity index is 1220. The number of carbonyl (C=O) groups is 3. The maximum Gasteiger partial charge on any atom is 0.261 e. The van der Waals surface area contributed by atoms with E-state index in [1.165, 1.54) is 23.5 Å². The average molecular weight is 491 g/mol. The number of amides is 1. The van der Waals surface area contributed by atoms with Crippen molar-refractivity contribution in [1.29, 1.82) is 0 Å². The smallest absolute Gasteiger partial charge is 0.261 e. The van der Waals surface area contributed by atoms with E-state index in [-0.39, 0.29) is 30.0 Å². The van der Waals surface area contributed by atoms with Crippen molar-refractivity contribution in [2.45, 2.75) is 43.6 Å². The van der Waals surface area contributed by atoms with Gasteiger partial charge in [0.1, 0.15) is 5.75 Å². The second-order valence-electron chi connectivity index (χ2n) is 8.90. The monoisotopic (exact) mass is 490 g/mol. The number of ether oxygens (including phenoxy) is 1. The van der Waals surface area contributed by atoms with Crippen molar-refractivity contribution < 1.29 is 24.2 Å². The van der Waals surface area contributed by atoms with Crippen LogP contribution in [0.3, 0.4) is 0 Å². The largest absolute Gasteiger partial charge is 0.508 e. The van der Waals surface area contributed by atoms with Crippen molar-refractivity contribution in [3.63, 3.8) is 0 Å². The van der Waals surface area contributed by atoms with Gasteiger partial charge in [-0.05, 0) is 66.1 Å². The zero-order valence-corrected chi connectivity index (χ0v) is 19.8. The lowest BCUT2D eigenvalue weighted by atomic mass is 9.94. The van der Waals surface area contributed by atoms with Gasteiger partial charge in [-0.1, -0.05) is 42.5 Å². The molecule has 4 atom stereocenters. The molecule has 1 aromatic heterocycles. The number of nitrogens with one attached hydrogen (secondary N) is 2. The zero-order valence-electron chi connectivity index (χ0n) is 19.0. The second-order valence-corrected chi connectivity index (χ2v) is 9.81. The van der Waals surface area contributed by atoms with Crippen molar-refractivity contribution in [3.8, 4) is 16.9 Å². The number of ketones is 2. The summed E-state index contributed by atoms with van der Waals surface area (Å²) in [6, 6.07) is 16.5. The van der Waals surface area contributed by atoms with E-state index in [0.29, 0.717) is 11.4 Å². The van der Waals surface area contributed by atoms with E-state index in [1.807, 2.05) is 35.7 Å². The zero-order chi connectivity index (χ0) is 24.4. The summed E-state index contributed by atoms with van der Waals surface area (Å²) < 4.78 is 5.88. The average Bonchev–Trinajstić information content (AvgIpc) is 3.51. The lowest BCUT2D eigenvalue weighted by molar-refractivity contribution is -0.138. The molecule has 8 heteroatoms. The molecular weight excluding hydrogens is 464 g/mol. The number of aromatic hydroxyl groups is 1. The Balaban J connectivity index is 1.36. The number of hydrogen-bond donors (Lipinski definition) is 3. The fraction of sp³-hybridized carbons (Fsp3) is 0.296. The first-order chi connectivity index (χ1) is 17.0. The van der Waals surface area contributed by atoms with Crippen LogP contribution in [0.15, 0.2) is 66.0 Å². The van der Waals surface area contributed by atoms with Crippen LogP contribution in [0, 0.1) is 0 Å². The Morgan fingerprint density at radius 3 is 2.63 bits per heavy atom. The van der Waals surface area contributed by atoms with E-state index in [4.69, 9.17) is 4.74 Å². The van der Waals surface area contributed by atoms with Crippen LogP contribution in [0.4, 0.5) is 0 Å². The third-order valence-corrected chi connectivity index (χ3v) is 7.42. The quantitative estimate of drug-likeness (QED) is 0.440. The van der Waals surface area contributed by atoms with E-state index >= 15 is 0 Å². The minimum absolute atomic E-state index is 0.108. The number of rotatable bonds is 7. The summed E-state index contributed by atoms with van der Waals surface area (Å²) in [6.45, 7) is 0.715. The summed E-state index contributed by atoms with van der Waals surface area (Å²) in [5.41, 5.74) is 2.67. The maximum atomic E-state index is 13.5. The van der Waals surface area contributed by atoms with Crippen molar-refractivity contribution in [3.05, 3.63) is 76.5 Å². The number of phenols is 1. The summed E-state index contributed by atoms with van der Waals surface area (Å²) in [6.07, 6.45) is 0.254. The van der Waals surface area contributed by atoms with Gasteiger partial charge in [0.2, 0.25) is 0 Å². The van der Waals surface area contributed by atoms with Crippen LogP contribution in [0.5, 0.6) is 5.75 Å². The number of hydrogen-bond acceptors (Lipinski definition) is 7. The van der Waals surface area contributed by atoms with Gasteiger partial charge in [0, 0.05) is 0 Å². The summed E-state index contributed by atoms with van der Waals surface area (Å²) in [7, 11) is 0. The van der Waals surface area contributed by atoms with Crippen LogP contribution in [-0.4, -0.2) is 53.4 Å². The fourth-order valence-electron chi connectivity index (χ4n) is 4.64. The van der Waals surface area contributed by atoms with Crippen LogP contribution >= 0.6 is 11.3 Å². The summed E-state index contributed by atoms with van der Waals surface area (Å²) in [5.74, 6) is -0.993. The molecule has 3 heterocycles. The lowest BCUT2D eigenvalue weighted by Gasteiger charge is -2.23. The first kappa shape index (κ1) is 23.4. The molecule has 0 saturated carbocycles. The fourth-order valence-corrected chi connectivity index (χ4v) is 5.46. The van der Waals surface area contributed by atoms with Crippen LogP contribution < -0.4 is 10.6 Å². The number of thiophene rings is 1. The highest BCUT2D eigenvalue weighted by Gasteiger charge is 2.49. The van der Waals surface area contributed by atoms with E-state index in [1.54, 1.807) is 18.2 Å². The Hall–Kier alpha value is -3.33. The van der Waals surface area contributed by atoms with Crippen molar-refractivity contribution >= 4 is 28.8 Å². The van der Waals surface area contributed by atoms with E-state index in [2.05, 4.69) is 10.6 Å². The number of fused-ring (bicyclic) bond motifs is 1. The minimum atomic E-state index is -1.21. The van der Waals surface area contributed by atoms with Crippen molar-refractivity contribution in [1.82, 2.24) is 10.6 Å². The highest BCUT2D eigenvalue weighted by atomic mass is 32.1. The van der Waals surface area contributed by atoms with Gasteiger partial charge in [-0.25, -0.2) is 0 Å². The topological polar surface area (TPSA) is 105 Å². The standard InChI is InChI=1S/C27H26N2O5S/c30-19-10-8-16(9-11-19)13-20(24(31)26-25(32)23-21(34-26)7-4-12-28-23)29-27(33)22-14-18(15-35-22)17-5-2-1-3-6-17/h1-3,5-6,8-11,14-15,20-21,23,26,28,30H,4,7,12-13H2,(H,29,33). The van der Waals surface area contributed by atoms with Crippen LogP contribution in [0.2, 0.25) is 0 Å². The van der Waals surface area contributed by atoms with Crippen LogP contribution in [0.25, 0.3) is 11.1 Å². The first-order valence-corrected chi connectivity index (χ1v) is 12.6. The highest BCUT2D eigenvalue weighted by Crippen LogP contribution is 2.27. The molecule has 0 radical (unpaired) electrons. The second kappa shape index (κ2) is 10.1. The molecule has 3 aromatic rings. The number of piperidine rings is 1. The van der Waals surface area contributed by atoms with Crippen LogP contribution in [-0.2, 0) is 20.7 Å². The maximum absolute atomic E-state index is 13.5. The molecule has 180 valence electrons. The number of phenolic OH excluding ortho intramolecular Hbond substituents is 1. The molecule has 4 unspecified atom stereocenters. The number of carbonyl (C=O) groups excluding carboxylic acids is 3. The molecule has 3 N–H and O–H groups in total. The predicted molar refractivity (Wildman–Crippen MR) is 133 cm³/mol. The molecule has 2 aliphatic rings.